The highest BCUT2D eigenvalue weighted by Gasteiger charge is 2.33. The third kappa shape index (κ3) is 3.96. The Hall–Kier alpha value is -2.47. The number of benzene rings is 1. The molecule has 2 heterocycles. The molecule has 0 bridgehead atoms. The van der Waals surface area contributed by atoms with E-state index in [1.54, 1.807) is 11.3 Å². The van der Waals surface area contributed by atoms with E-state index < -0.39 is 0 Å². The zero-order valence-corrected chi connectivity index (χ0v) is 14.5. The Labute approximate surface area is 150 Å². The van der Waals surface area contributed by atoms with Crippen molar-refractivity contribution in [2.24, 2.45) is 5.92 Å². The summed E-state index contributed by atoms with van der Waals surface area (Å²) in [4.78, 5) is 12.4. The maximum absolute atomic E-state index is 12.4. The van der Waals surface area contributed by atoms with E-state index in [1.807, 2.05) is 35.0 Å². The van der Waals surface area contributed by atoms with Crippen molar-refractivity contribution in [3.63, 3.8) is 0 Å². The van der Waals surface area contributed by atoms with E-state index >= 15 is 0 Å². The molecule has 0 radical (unpaired) electrons. The molecule has 1 aromatic carbocycles. The van der Waals surface area contributed by atoms with E-state index in [9.17, 15) is 4.79 Å². The molecule has 4 rings (SSSR count). The number of amides is 1. The lowest BCUT2D eigenvalue weighted by Crippen LogP contribution is -2.30. The van der Waals surface area contributed by atoms with Crippen molar-refractivity contribution in [3.8, 4) is 11.5 Å². The molecule has 1 aliphatic rings. The van der Waals surface area contributed by atoms with Crippen LogP contribution in [0, 0.1) is 5.92 Å². The molecule has 1 aliphatic carbocycles. The number of nitrogens with one attached hydrogen (secondary N) is 1. The fourth-order valence-corrected chi connectivity index (χ4v) is 3.52. The van der Waals surface area contributed by atoms with Gasteiger partial charge in [0.1, 0.15) is 0 Å². The van der Waals surface area contributed by atoms with Crippen LogP contribution < -0.4 is 5.32 Å². The first-order valence-corrected chi connectivity index (χ1v) is 9.43. The molecule has 0 saturated heterocycles. The van der Waals surface area contributed by atoms with Crippen molar-refractivity contribution >= 4 is 17.2 Å². The molecule has 1 N–H and O–H groups in total. The number of rotatable bonds is 7. The summed E-state index contributed by atoms with van der Waals surface area (Å²) in [7, 11) is 0. The molecular formula is C19H19N3O2S. The lowest BCUT2D eigenvalue weighted by Gasteiger charge is -2.18. The molecule has 128 valence electrons. The van der Waals surface area contributed by atoms with Crippen LogP contribution in [-0.2, 0) is 11.2 Å². The van der Waals surface area contributed by atoms with Gasteiger partial charge in [0.25, 0.3) is 0 Å². The summed E-state index contributed by atoms with van der Waals surface area (Å²) in [6.45, 7) is 0. The molecule has 2 aromatic heterocycles. The summed E-state index contributed by atoms with van der Waals surface area (Å²) < 4.78 is 5.63. The predicted octanol–water partition coefficient (Wildman–Crippen LogP) is 4.00. The number of aryl methyl sites for hydroxylation is 1. The molecule has 0 spiro atoms. The Morgan fingerprint density at radius 1 is 1.24 bits per heavy atom. The maximum Gasteiger partial charge on any atom is 0.248 e. The molecule has 1 fully saturated rings. The smallest absolute Gasteiger partial charge is 0.248 e. The maximum atomic E-state index is 12.4. The van der Waals surface area contributed by atoms with Gasteiger partial charge in [-0.3, -0.25) is 4.79 Å². The van der Waals surface area contributed by atoms with E-state index in [-0.39, 0.29) is 11.9 Å². The van der Waals surface area contributed by atoms with Gasteiger partial charge in [-0.1, -0.05) is 30.3 Å². The lowest BCUT2D eigenvalue weighted by molar-refractivity contribution is -0.122. The monoisotopic (exact) mass is 353 g/mol. The first kappa shape index (κ1) is 16.0. The lowest BCUT2D eigenvalue weighted by atomic mass is 10.0. The van der Waals surface area contributed by atoms with Gasteiger partial charge in [0.2, 0.25) is 17.7 Å². The number of hydrogen-bond acceptors (Lipinski definition) is 5. The Bertz CT molecular complexity index is 825. The normalized spacial score (nSPS) is 15.0. The molecular weight excluding hydrogens is 334 g/mol. The Morgan fingerprint density at radius 2 is 2.08 bits per heavy atom. The zero-order chi connectivity index (χ0) is 17.1. The number of aromatic nitrogens is 2. The summed E-state index contributed by atoms with van der Waals surface area (Å²) >= 11 is 1.58. The number of hydrogen-bond donors (Lipinski definition) is 1. The predicted molar refractivity (Wildman–Crippen MR) is 96.0 cm³/mol. The van der Waals surface area contributed by atoms with Crippen molar-refractivity contribution in [1.82, 2.24) is 15.5 Å². The van der Waals surface area contributed by atoms with Gasteiger partial charge in [0.15, 0.2) is 0 Å². The molecule has 1 unspecified atom stereocenters. The van der Waals surface area contributed by atoms with Crippen LogP contribution in [0.1, 0.15) is 36.8 Å². The van der Waals surface area contributed by atoms with Crippen LogP contribution in [0.5, 0.6) is 0 Å². The quantitative estimate of drug-likeness (QED) is 0.697. The molecule has 25 heavy (non-hydrogen) atoms. The third-order valence-corrected chi connectivity index (χ3v) is 5.05. The van der Waals surface area contributed by atoms with Gasteiger partial charge >= 0.3 is 0 Å². The van der Waals surface area contributed by atoms with Crippen LogP contribution in [0.15, 0.2) is 51.6 Å². The van der Waals surface area contributed by atoms with Gasteiger partial charge in [-0.2, -0.15) is 11.3 Å². The summed E-state index contributed by atoms with van der Waals surface area (Å²) in [6.07, 6.45) is 3.15. The summed E-state index contributed by atoms with van der Waals surface area (Å²) in [5, 5.41) is 15.2. The molecule has 1 amide bonds. The van der Waals surface area contributed by atoms with E-state index in [0.29, 0.717) is 30.5 Å². The fourth-order valence-electron chi connectivity index (χ4n) is 2.89. The van der Waals surface area contributed by atoms with Crippen molar-refractivity contribution < 1.29 is 9.21 Å². The highest BCUT2D eigenvalue weighted by Crippen LogP contribution is 2.40. The Balaban J connectivity index is 1.34. The van der Waals surface area contributed by atoms with Gasteiger partial charge in [-0.05, 0) is 35.8 Å². The number of nitrogens with zero attached hydrogens (tertiary/aromatic N) is 2. The molecule has 1 saturated carbocycles. The summed E-state index contributed by atoms with van der Waals surface area (Å²) in [5.41, 5.74) is 2.10. The first-order valence-electron chi connectivity index (χ1n) is 8.49. The van der Waals surface area contributed by atoms with Gasteiger partial charge in [0.05, 0.1) is 6.04 Å². The van der Waals surface area contributed by atoms with Gasteiger partial charge in [0, 0.05) is 23.8 Å². The van der Waals surface area contributed by atoms with Crippen LogP contribution in [-0.4, -0.2) is 16.1 Å². The second kappa shape index (κ2) is 7.19. The summed E-state index contributed by atoms with van der Waals surface area (Å²) in [5.74, 6) is 1.59. The van der Waals surface area contributed by atoms with E-state index in [2.05, 4.69) is 27.6 Å². The minimum atomic E-state index is 0.0241. The van der Waals surface area contributed by atoms with Crippen LogP contribution in [0.4, 0.5) is 0 Å². The molecule has 0 aliphatic heterocycles. The number of carbonyl (C=O) groups excluding carboxylic acids is 1. The molecule has 3 aromatic rings. The topological polar surface area (TPSA) is 68.0 Å². The van der Waals surface area contributed by atoms with Crippen molar-refractivity contribution in [2.45, 2.75) is 31.7 Å². The van der Waals surface area contributed by atoms with Gasteiger partial charge in [-0.25, -0.2) is 0 Å². The highest BCUT2D eigenvalue weighted by molar-refractivity contribution is 7.08. The van der Waals surface area contributed by atoms with Gasteiger partial charge in [-0.15, -0.1) is 10.2 Å². The van der Waals surface area contributed by atoms with Crippen LogP contribution in [0.2, 0.25) is 0 Å². The minimum absolute atomic E-state index is 0.0241. The van der Waals surface area contributed by atoms with E-state index in [1.165, 1.54) is 18.4 Å². The van der Waals surface area contributed by atoms with Crippen molar-refractivity contribution in [3.05, 3.63) is 58.6 Å². The molecule has 1 atom stereocenters. The van der Waals surface area contributed by atoms with Crippen molar-refractivity contribution in [2.75, 3.05) is 0 Å². The average Bonchev–Trinajstić information content (AvgIpc) is 3.13. The molecule has 5 nitrogen and oxygen atoms in total. The van der Waals surface area contributed by atoms with Gasteiger partial charge < -0.3 is 9.73 Å². The standard InChI is InChI=1S/C19H19N3O2S/c23-16(20-18(14-6-7-14)13-4-2-1-3-5-13)8-9-17-21-22-19(24-17)15-10-11-25-12-15/h1-5,10-12,14,18H,6-9H2,(H,20,23). The van der Waals surface area contributed by atoms with E-state index in [0.717, 1.165) is 5.56 Å². The van der Waals surface area contributed by atoms with E-state index in [4.69, 9.17) is 4.42 Å². The largest absolute Gasteiger partial charge is 0.421 e. The first-order chi connectivity index (χ1) is 12.3. The second-order valence-electron chi connectivity index (χ2n) is 6.31. The SMILES string of the molecule is O=C(CCc1nnc(-c2ccsc2)o1)NC(c1ccccc1)C1CC1. The zero-order valence-electron chi connectivity index (χ0n) is 13.7. The highest BCUT2D eigenvalue weighted by atomic mass is 32.1. The number of carbonyl (C=O) groups is 1. The second-order valence-corrected chi connectivity index (χ2v) is 7.09. The van der Waals surface area contributed by atoms with Crippen LogP contribution in [0.3, 0.4) is 0 Å². The average molecular weight is 353 g/mol. The Kier molecular flexibility index (Phi) is 4.61. The van der Waals surface area contributed by atoms with Crippen molar-refractivity contribution in [1.29, 1.82) is 0 Å². The molecule has 6 heteroatoms. The minimum Gasteiger partial charge on any atom is -0.421 e. The third-order valence-electron chi connectivity index (χ3n) is 4.37. The number of thiophene rings is 1. The van der Waals surface area contributed by atoms with Crippen LogP contribution in [0.25, 0.3) is 11.5 Å². The van der Waals surface area contributed by atoms with Crippen LogP contribution >= 0.6 is 11.3 Å². The Morgan fingerprint density at radius 3 is 2.80 bits per heavy atom. The summed E-state index contributed by atoms with van der Waals surface area (Å²) in [6, 6.07) is 12.2. The fraction of sp³-hybridized carbons (Fsp3) is 0.316.